The lowest BCUT2D eigenvalue weighted by Crippen LogP contribution is -1.92. The van der Waals surface area contributed by atoms with Crippen molar-refractivity contribution in [3.05, 3.63) is 424 Å². The van der Waals surface area contributed by atoms with Gasteiger partial charge in [-0.2, -0.15) is 0 Å². The summed E-state index contributed by atoms with van der Waals surface area (Å²) in [6, 6.07) is 151. The molecule has 23 aromatic rings. The maximum absolute atomic E-state index is 2.42. The molecule has 0 bridgehead atoms. The van der Waals surface area contributed by atoms with Gasteiger partial charge in [-0.1, -0.05) is 388 Å². The van der Waals surface area contributed by atoms with Crippen LogP contribution in [-0.2, 0) is 0 Å². The van der Waals surface area contributed by atoms with Crippen molar-refractivity contribution in [1.82, 2.24) is 0 Å². The van der Waals surface area contributed by atoms with Gasteiger partial charge in [0.25, 0.3) is 0 Å². The van der Waals surface area contributed by atoms with Crippen molar-refractivity contribution < 1.29 is 0 Å². The first-order chi connectivity index (χ1) is 55.4. The SMILES string of the molecule is Cc1c(C)c2ccc(-c3c4ccccc4c(-c4ccccc4)c4ccccc34)cc2c2ccccc12.c1ccc(-c2c3ccccc3c(-c3ccc4ccc5ccccc5c4c3)c3ccccc23)cc1.c1ccc2c(c1)ccc1ccc(-c3c4ccccc4c(-c4ccc5ccc6ccccc6c5c4)c4ccccc34)cc12. The third-order valence-corrected chi connectivity index (χ3v) is 23.9. The summed E-state index contributed by atoms with van der Waals surface area (Å²) in [5.41, 5.74) is 18.1. The predicted molar refractivity (Wildman–Crippen MR) is 487 cm³/mol. The third kappa shape index (κ3) is 11.0. The van der Waals surface area contributed by atoms with Gasteiger partial charge in [-0.3, -0.25) is 0 Å². The van der Waals surface area contributed by atoms with Gasteiger partial charge >= 0.3 is 0 Å². The lowest BCUT2D eigenvalue weighted by atomic mass is 9.85. The molecule has 0 saturated carbocycles. The Morgan fingerprint density at radius 2 is 0.286 bits per heavy atom. The fourth-order valence-electron chi connectivity index (χ4n) is 18.6. The highest BCUT2D eigenvalue weighted by Gasteiger charge is 2.22. The Morgan fingerprint density at radius 1 is 0.107 bits per heavy atom. The Balaban J connectivity index is 0.000000107. The molecule has 0 radical (unpaired) electrons. The number of benzene rings is 23. The largest absolute Gasteiger partial charge is 0.0622 e. The van der Waals surface area contributed by atoms with E-state index in [1.165, 1.54) is 229 Å². The molecule has 0 aliphatic heterocycles. The number of hydrogen-bond acceptors (Lipinski definition) is 0. The number of fused-ring (bicyclic) bond motifs is 18. The lowest BCUT2D eigenvalue weighted by Gasteiger charge is -2.19. The monoisotopic (exact) mass is 1420 g/mol. The van der Waals surface area contributed by atoms with Crippen LogP contribution in [0.5, 0.6) is 0 Å². The van der Waals surface area contributed by atoms with Crippen LogP contribution >= 0.6 is 0 Å². The smallest absolute Gasteiger partial charge is 0.00261 e. The minimum Gasteiger partial charge on any atom is -0.0622 e. The van der Waals surface area contributed by atoms with Crippen LogP contribution < -0.4 is 0 Å². The molecule has 0 aliphatic carbocycles. The zero-order valence-corrected chi connectivity index (χ0v) is 62.3. The number of rotatable bonds is 6. The molecule has 112 heavy (non-hydrogen) atoms. The highest BCUT2D eigenvalue weighted by Crippen LogP contribution is 2.50. The van der Waals surface area contributed by atoms with Crippen molar-refractivity contribution in [3.8, 4) is 66.8 Å². The molecule has 0 aromatic heterocycles. The van der Waals surface area contributed by atoms with Crippen LogP contribution in [0.4, 0.5) is 0 Å². The van der Waals surface area contributed by atoms with E-state index in [2.05, 4.69) is 426 Å². The molecule has 0 nitrogen and oxygen atoms in total. The molecule has 0 saturated heterocycles. The van der Waals surface area contributed by atoms with E-state index in [4.69, 9.17) is 0 Å². The summed E-state index contributed by atoms with van der Waals surface area (Å²) in [6.07, 6.45) is 0. The molecule has 0 amide bonds. The molecule has 0 heterocycles. The summed E-state index contributed by atoms with van der Waals surface area (Å²) in [7, 11) is 0. The molecule has 23 aromatic carbocycles. The Labute approximate surface area is 650 Å². The second-order valence-electron chi connectivity index (χ2n) is 30.0. The summed E-state index contributed by atoms with van der Waals surface area (Å²) in [5.74, 6) is 0. The van der Waals surface area contributed by atoms with Crippen LogP contribution in [0.1, 0.15) is 11.1 Å². The van der Waals surface area contributed by atoms with Crippen LogP contribution in [0, 0.1) is 13.8 Å². The molecule has 0 N–H and O–H groups in total. The number of hydrogen-bond donors (Lipinski definition) is 0. The van der Waals surface area contributed by atoms with E-state index in [1.807, 2.05) is 0 Å². The molecule has 0 unspecified atom stereocenters. The first-order valence-electron chi connectivity index (χ1n) is 39.0. The van der Waals surface area contributed by atoms with Crippen molar-refractivity contribution in [3.63, 3.8) is 0 Å². The van der Waals surface area contributed by atoms with E-state index in [0.29, 0.717) is 0 Å². The van der Waals surface area contributed by atoms with Gasteiger partial charge in [0.1, 0.15) is 0 Å². The zero-order valence-electron chi connectivity index (χ0n) is 62.3. The fourth-order valence-corrected chi connectivity index (χ4v) is 18.6. The van der Waals surface area contributed by atoms with E-state index < -0.39 is 0 Å². The Kier molecular flexibility index (Phi) is 16.1. The third-order valence-electron chi connectivity index (χ3n) is 23.9. The lowest BCUT2D eigenvalue weighted by molar-refractivity contribution is 1.41. The van der Waals surface area contributed by atoms with E-state index in [1.54, 1.807) is 0 Å². The topological polar surface area (TPSA) is 0 Å². The molecular weight excluding hydrogens is 1350 g/mol. The van der Waals surface area contributed by atoms with E-state index in [9.17, 15) is 0 Å². The van der Waals surface area contributed by atoms with Crippen molar-refractivity contribution >= 4 is 151 Å². The van der Waals surface area contributed by atoms with E-state index in [0.717, 1.165) is 0 Å². The minimum atomic E-state index is 1.25. The maximum atomic E-state index is 2.42. The molecule has 0 atom stereocenters. The van der Waals surface area contributed by atoms with Crippen LogP contribution in [0.25, 0.3) is 218 Å². The van der Waals surface area contributed by atoms with Crippen molar-refractivity contribution in [2.45, 2.75) is 13.8 Å². The van der Waals surface area contributed by atoms with E-state index >= 15 is 0 Å². The minimum absolute atomic E-state index is 1.25. The molecule has 0 fully saturated rings. The quantitative estimate of drug-likeness (QED) is 0.115. The second kappa shape index (κ2) is 27.4. The van der Waals surface area contributed by atoms with Gasteiger partial charge < -0.3 is 0 Å². The summed E-state index contributed by atoms with van der Waals surface area (Å²) in [4.78, 5) is 0. The van der Waals surface area contributed by atoms with Gasteiger partial charge in [-0.05, 0) is 267 Å². The first kappa shape index (κ1) is 65.9. The highest BCUT2D eigenvalue weighted by atomic mass is 14.3. The van der Waals surface area contributed by atoms with Gasteiger partial charge in [-0.15, -0.1) is 0 Å². The summed E-state index contributed by atoms with van der Waals surface area (Å²) < 4.78 is 0. The molecule has 0 heteroatoms. The Hall–Kier alpha value is -14.3. The van der Waals surface area contributed by atoms with E-state index in [-0.39, 0.29) is 0 Å². The zero-order chi connectivity index (χ0) is 74.3. The van der Waals surface area contributed by atoms with Gasteiger partial charge in [0.15, 0.2) is 0 Å². The standard InChI is InChI=1S/C42H26.C36H26.C34H22/c1-3-11-33-27(9-1)17-19-29-21-23-31(25-39(29)33)41-35-13-5-7-15-37(35)42(38-16-8-6-14-36(38)41)32-24-22-30-20-18-28-10-2-4-12-34(28)40(30)26-32;1-23-24(2)28-21-20-26(22-34(28)29-15-7-6-14-27(23)29)36-32-18-10-8-16-30(32)35(25-12-4-3-5-13-25)31-17-9-11-19-33(31)36;1-2-11-25(12-3-1)33-28-14-6-8-16-30(28)34(31-17-9-7-15-29(31)33)26-21-20-24-19-18-23-10-4-5-13-27(23)32(24)22-26/h1-26H;3-22H,1-2H3;1-22H. The van der Waals surface area contributed by atoms with Gasteiger partial charge in [-0.25, -0.2) is 0 Å². The van der Waals surface area contributed by atoms with Crippen LogP contribution in [0.2, 0.25) is 0 Å². The molecule has 0 aliphatic rings. The summed E-state index contributed by atoms with van der Waals surface area (Å²) in [6.45, 7) is 4.50. The Bertz CT molecular complexity index is 7410. The molecule has 522 valence electrons. The fraction of sp³-hybridized carbons (Fsp3) is 0.0179. The normalized spacial score (nSPS) is 11.7. The van der Waals surface area contributed by atoms with Crippen LogP contribution in [-0.4, -0.2) is 0 Å². The average Bonchev–Trinajstić information content (AvgIpc) is 0.737. The van der Waals surface area contributed by atoms with Gasteiger partial charge in [0, 0.05) is 0 Å². The van der Waals surface area contributed by atoms with Crippen molar-refractivity contribution in [2.24, 2.45) is 0 Å². The molecule has 0 spiro atoms. The van der Waals surface area contributed by atoms with Gasteiger partial charge in [0.05, 0.1) is 0 Å². The Morgan fingerprint density at radius 3 is 0.562 bits per heavy atom. The van der Waals surface area contributed by atoms with Crippen LogP contribution in [0.15, 0.2) is 413 Å². The predicted octanol–water partition coefficient (Wildman–Crippen LogP) is 31.8. The molecular formula is C112H74. The molecule has 23 rings (SSSR count). The average molecular weight is 1420 g/mol. The summed E-state index contributed by atoms with van der Waals surface area (Å²) >= 11 is 0. The second-order valence-corrected chi connectivity index (χ2v) is 30.0. The van der Waals surface area contributed by atoms with Crippen molar-refractivity contribution in [1.29, 1.82) is 0 Å². The van der Waals surface area contributed by atoms with Crippen LogP contribution in [0.3, 0.4) is 0 Å². The maximum Gasteiger partial charge on any atom is -0.00261 e. The first-order valence-corrected chi connectivity index (χ1v) is 39.0. The summed E-state index contributed by atoms with van der Waals surface area (Å²) in [5, 5.41) is 36.2. The van der Waals surface area contributed by atoms with Gasteiger partial charge in [0.2, 0.25) is 0 Å². The number of aryl methyl sites for hydroxylation is 2. The van der Waals surface area contributed by atoms with Crippen molar-refractivity contribution in [2.75, 3.05) is 0 Å². The highest BCUT2D eigenvalue weighted by molar-refractivity contribution is 6.27.